The topological polar surface area (TPSA) is 110 Å². The maximum Gasteiger partial charge on any atom is 0.323 e. The molecule has 0 atom stereocenters. The van der Waals surface area contributed by atoms with E-state index < -0.39 is 0 Å². The van der Waals surface area contributed by atoms with E-state index in [1.165, 1.54) is 0 Å². The summed E-state index contributed by atoms with van der Waals surface area (Å²) >= 11 is 0. The second kappa shape index (κ2) is 9.17. The molecule has 0 aliphatic carbocycles. The van der Waals surface area contributed by atoms with Gasteiger partial charge < -0.3 is 20.7 Å². The van der Waals surface area contributed by atoms with Crippen LogP contribution in [0.1, 0.15) is 16.1 Å². The van der Waals surface area contributed by atoms with Crippen LogP contribution in [0.4, 0.5) is 16.2 Å². The average molecular weight is 430 g/mol. The highest BCUT2D eigenvalue weighted by Gasteiger charge is 2.08. The second-order valence-corrected chi connectivity index (χ2v) is 7.07. The first-order valence-corrected chi connectivity index (χ1v) is 9.91. The monoisotopic (exact) mass is 430 g/mol. The summed E-state index contributed by atoms with van der Waals surface area (Å²) in [5.41, 5.74) is 3.37. The van der Waals surface area contributed by atoms with Crippen LogP contribution in [0.25, 0.3) is 10.9 Å². The van der Waals surface area contributed by atoms with Gasteiger partial charge in [0.25, 0.3) is 5.91 Å². The molecule has 2 aromatic carbocycles. The summed E-state index contributed by atoms with van der Waals surface area (Å²) in [5, 5.41) is 13.3. The smallest absolute Gasteiger partial charge is 0.323 e. The lowest BCUT2D eigenvalue weighted by atomic mass is 10.2. The molecular formula is C23H22N6O3. The van der Waals surface area contributed by atoms with E-state index >= 15 is 0 Å². The number of aromatic nitrogens is 3. The van der Waals surface area contributed by atoms with Gasteiger partial charge in [-0.3, -0.25) is 14.5 Å². The number of ether oxygens (including phenoxy) is 1. The normalized spacial score (nSPS) is 10.6. The molecule has 3 amide bonds. The summed E-state index contributed by atoms with van der Waals surface area (Å²) in [6.07, 6.45) is 3.31. The molecule has 2 aromatic heterocycles. The Morgan fingerprint density at radius 3 is 2.66 bits per heavy atom. The van der Waals surface area contributed by atoms with Crippen molar-refractivity contribution in [2.24, 2.45) is 7.05 Å². The molecule has 0 aliphatic heterocycles. The zero-order valence-corrected chi connectivity index (χ0v) is 17.6. The molecule has 9 heteroatoms. The minimum atomic E-state index is -0.366. The third-order valence-corrected chi connectivity index (χ3v) is 4.79. The van der Waals surface area contributed by atoms with E-state index in [0.29, 0.717) is 22.8 Å². The van der Waals surface area contributed by atoms with Crippen LogP contribution in [0.3, 0.4) is 0 Å². The number of hydrogen-bond donors (Lipinski definition) is 3. The number of benzene rings is 2. The van der Waals surface area contributed by atoms with Gasteiger partial charge in [0.1, 0.15) is 18.1 Å². The highest BCUT2D eigenvalue weighted by atomic mass is 16.5. The number of carbonyl (C=O) groups is 2. The van der Waals surface area contributed by atoms with Crippen LogP contribution in [0, 0.1) is 0 Å². The molecule has 2 heterocycles. The number of hydrogen-bond acceptors (Lipinski definition) is 5. The van der Waals surface area contributed by atoms with Crippen LogP contribution < -0.4 is 20.7 Å². The third kappa shape index (κ3) is 4.84. The summed E-state index contributed by atoms with van der Waals surface area (Å²) in [7, 11) is 3.42. The summed E-state index contributed by atoms with van der Waals surface area (Å²) in [4.78, 5) is 28.2. The van der Waals surface area contributed by atoms with Gasteiger partial charge >= 0.3 is 6.03 Å². The van der Waals surface area contributed by atoms with Crippen molar-refractivity contribution in [1.82, 2.24) is 20.1 Å². The van der Waals surface area contributed by atoms with E-state index in [9.17, 15) is 9.59 Å². The van der Waals surface area contributed by atoms with Crippen molar-refractivity contribution in [3.63, 3.8) is 0 Å². The molecule has 9 nitrogen and oxygen atoms in total. The van der Waals surface area contributed by atoms with Crippen molar-refractivity contribution >= 4 is 34.2 Å². The minimum Gasteiger partial charge on any atom is -0.489 e. The zero-order valence-electron chi connectivity index (χ0n) is 17.6. The SMILES string of the molecule is CNC(=O)c1cc(COc2cccc(NC(=O)Nc3ccc4c(cnn4C)c3)c2)ccn1. The van der Waals surface area contributed by atoms with Crippen LogP contribution in [0.15, 0.2) is 67.0 Å². The quantitative estimate of drug-likeness (QED) is 0.433. The highest BCUT2D eigenvalue weighted by Crippen LogP contribution is 2.21. The lowest BCUT2D eigenvalue weighted by molar-refractivity contribution is 0.0958. The van der Waals surface area contributed by atoms with E-state index in [1.54, 1.807) is 60.5 Å². The van der Waals surface area contributed by atoms with Crippen molar-refractivity contribution in [1.29, 1.82) is 0 Å². The van der Waals surface area contributed by atoms with Crippen molar-refractivity contribution in [3.8, 4) is 5.75 Å². The highest BCUT2D eigenvalue weighted by molar-refractivity contribution is 6.01. The largest absolute Gasteiger partial charge is 0.489 e. The molecule has 0 saturated carbocycles. The molecule has 32 heavy (non-hydrogen) atoms. The molecule has 0 unspecified atom stereocenters. The molecule has 0 aliphatic rings. The zero-order chi connectivity index (χ0) is 22.5. The van der Waals surface area contributed by atoms with Gasteiger partial charge in [-0.15, -0.1) is 0 Å². The van der Waals surface area contributed by atoms with E-state index in [1.807, 2.05) is 25.2 Å². The first-order valence-electron chi connectivity index (χ1n) is 9.91. The average Bonchev–Trinajstić information content (AvgIpc) is 3.17. The Hall–Kier alpha value is -4.40. The third-order valence-electron chi connectivity index (χ3n) is 4.79. The summed E-state index contributed by atoms with van der Waals surface area (Å²) in [6.45, 7) is 0.257. The molecule has 0 bridgehead atoms. The van der Waals surface area contributed by atoms with Gasteiger partial charge in [-0.05, 0) is 48.0 Å². The molecule has 0 spiro atoms. The number of aryl methyl sites for hydroxylation is 1. The van der Waals surface area contributed by atoms with Crippen LogP contribution in [0.5, 0.6) is 5.75 Å². The predicted molar refractivity (Wildman–Crippen MR) is 122 cm³/mol. The van der Waals surface area contributed by atoms with Gasteiger partial charge in [-0.1, -0.05) is 6.07 Å². The molecule has 162 valence electrons. The fraction of sp³-hybridized carbons (Fsp3) is 0.130. The predicted octanol–water partition coefficient (Wildman–Crippen LogP) is 3.55. The molecule has 4 rings (SSSR count). The maximum atomic E-state index is 12.4. The molecule has 4 aromatic rings. The van der Waals surface area contributed by atoms with Crippen molar-refractivity contribution in [2.75, 3.05) is 17.7 Å². The number of fused-ring (bicyclic) bond motifs is 1. The molecule has 0 saturated heterocycles. The lowest BCUT2D eigenvalue weighted by Crippen LogP contribution is -2.19. The van der Waals surface area contributed by atoms with Gasteiger partial charge in [0.15, 0.2) is 0 Å². The molecule has 0 fully saturated rings. The van der Waals surface area contributed by atoms with E-state index in [0.717, 1.165) is 16.5 Å². The number of carbonyl (C=O) groups excluding carboxylic acids is 2. The number of nitrogens with zero attached hydrogens (tertiary/aromatic N) is 3. The number of pyridine rings is 1. The fourth-order valence-electron chi connectivity index (χ4n) is 3.18. The van der Waals surface area contributed by atoms with E-state index in [2.05, 4.69) is 26.0 Å². The molecule has 0 radical (unpaired) electrons. The Balaban J connectivity index is 1.37. The van der Waals surface area contributed by atoms with Crippen LogP contribution >= 0.6 is 0 Å². The Kier molecular flexibility index (Phi) is 5.98. The Bertz CT molecular complexity index is 1280. The Morgan fingerprint density at radius 2 is 1.84 bits per heavy atom. The van der Waals surface area contributed by atoms with Gasteiger partial charge in [0, 0.05) is 43.1 Å². The van der Waals surface area contributed by atoms with Crippen molar-refractivity contribution in [2.45, 2.75) is 6.61 Å². The first kappa shape index (κ1) is 20.9. The van der Waals surface area contributed by atoms with Crippen molar-refractivity contribution < 1.29 is 14.3 Å². The van der Waals surface area contributed by atoms with Gasteiger partial charge in [-0.25, -0.2) is 4.79 Å². The molecule has 3 N–H and O–H groups in total. The van der Waals surface area contributed by atoms with E-state index in [-0.39, 0.29) is 18.5 Å². The van der Waals surface area contributed by atoms with Crippen LogP contribution in [-0.2, 0) is 13.7 Å². The van der Waals surface area contributed by atoms with Crippen molar-refractivity contribution in [3.05, 3.63) is 78.2 Å². The summed E-state index contributed by atoms with van der Waals surface area (Å²) < 4.78 is 7.58. The minimum absolute atomic E-state index is 0.257. The van der Waals surface area contributed by atoms with Gasteiger partial charge in [-0.2, -0.15) is 5.10 Å². The number of anilines is 2. The van der Waals surface area contributed by atoms with Gasteiger partial charge in [0.05, 0.1) is 11.7 Å². The summed E-state index contributed by atoms with van der Waals surface area (Å²) in [5.74, 6) is 0.324. The lowest BCUT2D eigenvalue weighted by Gasteiger charge is -2.11. The summed E-state index contributed by atoms with van der Waals surface area (Å²) in [6, 6.07) is 15.8. The fourth-order valence-corrected chi connectivity index (χ4v) is 3.18. The van der Waals surface area contributed by atoms with Crippen LogP contribution in [-0.4, -0.2) is 33.8 Å². The number of nitrogens with one attached hydrogen (secondary N) is 3. The Morgan fingerprint density at radius 1 is 1.03 bits per heavy atom. The van der Waals surface area contributed by atoms with Gasteiger partial charge in [0.2, 0.25) is 0 Å². The standard InChI is InChI=1S/C23H22N6O3/c1-24-22(30)20-10-15(8-9-25-20)14-32-19-5-3-4-17(12-19)27-23(31)28-18-6-7-21-16(11-18)13-26-29(21)2/h3-13H,14H2,1-2H3,(H,24,30)(H2,27,28,31). The Labute approximate surface area is 184 Å². The maximum absolute atomic E-state index is 12.4. The first-order chi connectivity index (χ1) is 15.5. The number of rotatable bonds is 6. The van der Waals surface area contributed by atoms with Crippen LogP contribution in [0.2, 0.25) is 0 Å². The second-order valence-electron chi connectivity index (χ2n) is 7.07. The molecular weight excluding hydrogens is 408 g/mol. The number of urea groups is 1. The van der Waals surface area contributed by atoms with E-state index in [4.69, 9.17) is 4.74 Å². The number of amides is 3.